The van der Waals surface area contributed by atoms with Crippen LogP contribution in [0.15, 0.2) is 59.7 Å². The third-order valence-electron chi connectivity index (χ3n) is 6.55. The zero-order valence-corrected chi connectivity index (χ0v) is 19.8. The molecule has 1 unspecified atom stereocenters. The van der Waals surface area contributed by atoms with Gasteiger partial charge in [0.05, 0.1) is 22.9 Å². The molecule has 1 aliphatic heterocycles. The highest BCUT2D eigenvalue weighted by Crippen LogP contribution is 2.33. The predicted octanol–water partition coefficient (Wildman–Crippen LogP) is 4.42. The van der Waals surface area contributed by atoms with Crippen LogP contribution >= 0.6 is 0 Å². The van der Waals surface area contributed by atoms with E-state index in [0.717, 1.165) is 36.7 Å². The minimum Gasteiger partial charge on any atom is -0.508 e. The number of hydrogen-bond donors (Lipinski definition) is 2. The van der Waals surface area contributed by atoms with E-state index in [0.29, 0.717) is 12.4 Å². The number of hydrogen-bond acceptors (Lipinski definition) is 6. The van der Waals surface area contributed by atoms with Gasteiger partial charge >= 0.3 is 5.97 Å². The van der Waals surface area contributed by atoms with Crippen molar-refractivity contribution in [3.05, 3.63) is 87.8 Å². The van der Waals surface area contributed by atoms with E-state index < -0.39 is 28.6 Å². The van der Waals surface area contributed by atoms with Crippen LogP contribution in [-0.2, 0) is 0 Å². The second-order valence-electron chi connectivity index (χ2n) is 8.93. The van der Waals surface area contributed by atoms with Crippen LogP contribution in [0.1, 0.15) is 28.8 Å². The SMILES string of the molecule is Cc1cccnc1OCC1CCCN1c1cc2c(cc1F)c(=O)c(C(=O)O)cn2-c1ccc(O)cc1F. The van der Waals surface area contributed by atoms with Crippen molar-refractivity contribution in [2.75, 3.05) is 18.1 Å². The first-order valence-corrected chi connectivity index (χ1v) is 11.7. The van der Waals surface area contributed by atoms with E-state index in [9.17, 15) is 24.2 Å². The Hall–Kier alpha value is -4.47. The van der Waals surface area contributed by atoms with Crippen LogP contribution < -0.4 is 15.1 Å². The maximum atomic E-state index is 15.5. The van der Waals surface area contributed by atoms with Gasteiger partial charge in [-0.2, -0.15) is 0 Å². The molecule has 4 aromatic rings. The third kappa shape index (κ3) is 4.46. The van der Waals surface area contributed by atoms with Crippen molar-refractivity contribution in [1.82, 2.24) is 9.55 Å². The number of carboxylic acids is 1. The summed E-state index contributed by atoms with van der Waals surface area (Å²) >= 11 is 0. The lowest BCUT2D eigenvalue weighted by molar-refractivity contribution is 0.0695. The summed E-state index contributed by atoms with van der Waals surface area (Å²) in [6, 6.07) is 9.29. The molecule has 0 spiro atoms. The van der Waals surface area contributed by atoms with Gasteiger partial charge in [0.1, 0.15) is 23.7 Å². The number of benzene rings is 2. The lowest BCUT2D eigenvalue weighted by Gasteiger charge is -2.28. The molecular weight excluding hydrogens is 484 g/mol. The van der Waals surface area contributed by atoms with Gasteiger partial charge in [-0.05, 0) is 50.1 Å². The summed E-state index contributed by atoms with van der Waals surface area (Å²) in [5.41, 5.74) is -0.427. The molecule has 5 rings (SSSR count). The summed E-state index contributed by atoms with van der Waals surface area (Å²) in [6.07, 6.45) is 4.16. The summed E-state index contributed by atoms with van der Waals surface area (Å²) in [4.78, 5) is 30.7. The Bertz CT molecular complexity index is 1590. The van der Waals surface area contributed by atoms with E-state index in [2.05, 4.69) is 4.98 Å². The van der Waals surface area contributed by atoms with Crippen LogP contribution in [0.25, 0.3) is 16.6 Å². The zero-order valence-electron chi connectivity index (χ0n) is 19.8. The molecular formula is C27H23F2N3O5. The van der Waals surface area contributed by atoms with Crippen molar-refractivity contribution in [3.63, 3.8) is 0 Å². The molecule has 0 radical (unpaired) electrons. The molecule has 10 heteroatoms. The van der Waals surface area contributed by atoms with Gasteiger partial charge in [0.2, 0.25) is 11.3 Å². The Morgan fingerprint density at radius 1 is 1.16 bits per heavy atom. The monoisotopic (exact) mass is 507 g/mol. The average molecular weight is 507 g/mol. The number of phenols is 1. The molecule has 1 atom stereocenters. The molecule has 0 aliphatic carbocycles. The van der Waals surface area contributed by atoms with Gasteiger partial charge in [0.15, 0.2) is 5.82 Å². The second kappa shape index (κ2) is 9.53. The summed E-state index contributed by atoms with van der Waals surface area (Å²) < 4.78 is 37.4. The number of ether oxygens (including phenoxy) is 1. The number of fused-ring (bicyclic) bond motifs is 1. The van der Waals surface area contributed by atoms with Crippen molar-refractivity contribution >= 4 is 22.6 Å². The summed E-state index contributed by atoms with van der Waals surface area (Å²) in [5, 5.41) is 19.0. The van der Waals surface area contributed by atoms with E-state index in [-0.39, 0.29) is 40.7 Å². The van der Waals surface area contributed by atoms with Crippen molar-refractivity contribution in [2.45, 2.75) is 25.8 Å². The van der Waals surface area contributed by atoms with Gasteiger partial charge in [-0.1, -0.05) is 6.07 Å². The van der Waals surface area contributed by atoms with Gasteiger partial charge in [-0.25, -0.2) is 18.6 Å². The van der Waals surface area contributed by atoms with Gasteiger partial charge in [-0.3, -0.25) is 4.79 Å². The molecule has 1 fully saturated rings. The summed E-state index contributed by atoms with van der Waals surface area (Å²) in [6.45, 7) is 2.67. The fraction of sp³-hybridized carbons (Fsp3) is 0.222. The van der Waals surface area contributed by atoms with Crippen LogP contribution in [0.3, 0.4) is 0 Å². The number of carbonyl (C=O) groups is 1. The molecule has 2 N–H and O–H groups in total. The van der Waals surface area contributed by atoms with Crippen LogP contribution in [0, 0.1) is 18.6 Å². The maximum absolute atomic E-state index is 15.5. The number of aryl methyl sites for hydroxylation is 1. The number of nitrogens with zero attached hydrogens (tertiary/aromatic N) is 3. The Kier molecular flexibility index (Phi) is 6.24. The fourth-order valence-corrected chi connectivity index (χ4v) is 4.72. The van der Waals surface area contributed by atoms with Crippen molar-refractivity contribution in [3.8, 4) is 17.3 Å². The highest BCUT2D eigenvalue weighted by atomic mass is 19.1. The Balaban J connectivity index is 1.62. The number of phenolic OH excluding ortho intramolecular Hbond substituents is 1. The minimum absolute atomic E-state index is 0.102. The van der Waals surface area contributed by atoms with E-state index in [1.54, 1.807) is 12.3 Å². The Morgan fingerprint density at radius 2 is 1.95 bits per heavy atom. The number of carboxylic acid groups (broad SMARTS) is 1. The number of pyridine rings is 2. The largest absolute Gasteiger partial charge is 0.508 e. The van der Waals surface area contributed by atoms with Gasteiger partial charge in [0, 0.05) is 36.0 Å². The van der Waals surface area contributed by atoms with E-state index in [1.807, 2.05) is 17.9 Å². The highest BCUT2D eigenvalue weighted by molar-refractivity contribution is 5.94. The van der Waals surface area contributed by atoms with Crippen molar-refractivity contribution in [1.29, 1.82) is 0 Å². The van der Waals surface area contributed by atoms with Crippen molar-refractivity contribution < 1.29 is 28.5 Å². The smallest absolute Gasteiger partial charge is 0.341 e. The molecule has 1 aliphatic rings. The average Bonchev–Trinajstić information content (AvgIpc) is 3.32. The summed E-state index contributed by atoms with van der Waals surface area (Å²) in [5.74, 6) is -2.90. The molecule has 1 saturated heterocycles. The van der Waals surface area contributed by atoms with Gasteiger partial charge < -0.3 is 24.4 Å². The van der Waals surface area contributed by atoms with Crippen LogP contribution in [0.2, 0.25) is 0 Å². The number of aromatic hydroxyl groups is 1. The second-order valence-corrected chi connectivity index (χ2v) is 8.93. The zero-order chi connectivity index (χ0) is 26.3. The topological polar surface area (TPSA) is 105 Å². The molecule has 8 nitrogen and oxygen atoms in total. The van der Waals surface area contributed by atoms with Gasteiger partial charge in [-0.15, -0.1) is 0 Å². The standard InChI is InChI=1S/C27H23F2N3O5/c1-15-4-2-8-30-26(15)37-14-16-5-3-9-31(16)24-12-23-18(11-21(24)29)25(34)19(27(35)36)13-32(23)22-7-6-17(33)10-20(22)28/h2,4,6-8,10-13,16,33H,3,5,9,14H2,1H3,(H,35,36). The number of anilines is 1. The maximum Gasteiger partial charge on any atom is 0.341 e. The fourth-order valence-electron chi connectivity index (χ4n) is 4.72. The van der Waals surface area contributed by atoms with E-state index >= 15 is 4.39 Å². The number of rotatable bonds is 6. The number of aromatic carboxylic acids is 1. The molecule has 2 aromatic carbocycles. The first-order valence-electron chi connectivity index (χ1n) is 11.7. The molecule has 3 heterocycles. The Labute approximate surface area is 210 Å². The molecule has 190 valence electrons. The summed E-state index contributed by atoms with van der Waals surface area (Å²) in [7, 11) is 0. The first kappa shape index (κ1) is 24.2. The quantitative estimate of drug-likeness (QED) is 0.398. The van der Waals surface area contributed by atoms with Gasteiger partial charge in [0.25, 0.3) is 0 Å². The number of aromatic nitrogens is 2. The lowest BCUT2D eigenvalue weighted by atomic mass is 10.1. The lowest BCUT2D eigenvalue weighted by Crippen LogP contribution is -2.35. The first-order chi connectivity index (χ1) is 17.7. The third-order valence-corrected chi connectivity index (χ3v) is 6.55. The Morgan fingerprint density at radius 3 is 2.68 bits per heavy atom. The van der Waals surface area contributed by atoms with E-state index in [4.69, 9.17) is 4.74 Å². The molecule has 0 amide bonds. The number of halogens is 2. The molecule has 0 bridgehead atoms. The van der Waals surface area contributed by atoms with Crippen LogP contribution in [0.5, 0.6) is 11.6 Å². The van der Waals surface area contributed by atoms with Crippen molar-refractivity contribution in [2.24, 2.45) is 0 Å². The predicted molar refractivity (Wildman–Crippen MR) is 133 cm³/mol. The molecule has 0 saturated carbocycles. The van der Waals surface area contributed by atoms with E-state index in [1.165, 1.54) is 22.8 Å². The molecule has 2 aromatic heterocycles. The minimum atomic E-state index is -1.52. The molecule has 37 heavy (non-hydrogen) atoms. The highest BCUT2D eigenvalue weighted by Gasteiger charge is 2.29. The normalized spacial score (nSPS) is 15.3. The van der Waals surface area contributed by atoms with Crippen LogP contribution in [0.4, 0.5) is 14.5 Å². The van der Waals surface area contributed by atoms with Crippen LogP contribution in [-0.4, -0.2) is 44.9 Å².